The number of nitro benzene ring substituents is 1. The molecule has 11 heteroatoms. The minimum Gasteiger partial charge on any atom is -0.272 e. The van der Waals surface area contributed by atoms with Crippen LogP contribution in [0.5, 0.6) is 0 Å². The normalized spacial score (nSPS) is 11.3. The SMILES string of the molecule is O=[N+]([O-])c1cc(Br)ccc1NS(=O)(=O)c1cnc(Cl)s1. The molecule has 2 rings (SSSR count). The molecule has 20 heavy (non-hydrogen) atoms. The van der Waals surface area contributed by atoms with Gasteiger partial charge in [0.1, 0.15) is 5.69 Å². The van der Waals surface area contributed by atoms with Gasteiger partial charge >= 0.3 is 0 Å². The summed E-state index contributed by atoms with van der Waals surface area (Å²) in [5, 5.41) is 10.9. The first kappa shape index (κ1) is 15.2. The average Bonchev–Trinajstić information content (AvgIpc) is 2.78. The molecule has 0 fully saturated rings. The van der Waals surface area contributed by atoms with Gasteiger partial charge in [-0.3, -0.25) is 14.8 Å². The number of sulfonamides is 1. The zero-order valence-electron chi connectivity index (χ0n) is 9.41. The van der Waals surface area contributed by atoms with E-state index in [1.54, 1.807) is 0 Å². The maximum atomic E-state index is 12.0. The first-order chi connectivity index (χ1) is 9.29. The second kappa shape index (κ2) is 5.64. The summed E-state index contributed by atoms with van der Waals surface area (Å²) in [5.41, 5.74) is -0.499. The van der Waals surface area contributed by atoms with Crippen molar-refractivity contribution in [2.24, 2.45) is 0 Å². The van der Waals surface area contributed by atoms with Gasteiger partial charge < -0.3 is 0 Å². The fourth-order valence-electron chi connectivity index (χ4n) is 1.30. The van der Waals surface area contributed by atoms with Gasteiger partial charge in [-0.15, -0.1) is 0 Å². The Labute approximate surface area is 130 Å². The minimum atomic E-state index is -3.96. The molecule has 0 amide bonds. The fourth-order valence-corrected chi connectivity index (χ4v) is 4.02. The van der Waals surface area contributed by atoms with Crippen LogP contribution in [0.2, 0.25) is 4.47 Å². The first-order valence-electron chi connectivity index (χ1n) is 4.88. The molecule has 0 aliphatic heterocycles. The van der Waals surface area contributed by atoms with E-state index in [1.165, 1.54) is 18.2 Å². The highest BCUT2D eigenvalue weighted by molar-refractivity contribution is 9.10. The summed E-state index contributed by atoms with van der Waals surface area (Å²) < 4.78 is 26.6. The molecule has 7 nitrogen and oxygen atoms in total. The quantitative estimate of drug-likeness (QED) is 0.629. The summed E-state index contributed by atoms with van der Waals surface area (Å²) in [6.07, 6.45) is 1.08. The van der Waals surface area contributed by atoms with Crippen LogP contribution < -0.4 is 4.72 Å². The summed E-state index contributed by atoms with van der Waals surface area (Å²) >= 11 is 9.41. The van der Waals surface area contributed by atoms with Gasteiger partial charge in [-0.05, 0) is 12.1 Å². The van der Waals surface area contributed by atoms with Crippen molar-refractivity contribution in [1.82, 2.24) is 4.98 Å². The number of nitrogens with one attached hydrogen (secondary N) is 1. The zero-order valence-corrected chi connectivity index (χ0v) is 13.4. The van der Waals surface area contributed by atoms with E-state index in [9.17, 15) is 18.5 Å². The van der Waals surface area contributed by atoms with Crippen LogP contribution in [-0.2, 0) is 10.0 Å². The average molecular weight is 399 g/mol. The molecule has 1 heterocycles. The van der Waals surface area contributed by atoms with E-state index in [-0.39, 0.29) is 20.1 Å². The van der Waals surface area contributed by atoms with Crippen molar-refractivity contribution in [3.05, 3.63) is 43.4 Å². The number of anilines is 1. The maximum Gasteiger partial charge on any atom is 0.294 e. The summed E-state index contributed by atoms with van der Waals surface area (Å²) in [6, 6.07) is 3.99. The molecule has 106 valence electrons. The Kier molecular flexibility index (Phi) is 4.28. The Morgan fingerprint density at radius 3 is 2.70 bits per heavy atom. The van der Waals surface area contributed by atoms with Crippen molar-refractivity contribution >= 4 is 60.3 Å². The van der Waals surface area contributed by atoms with Crippen LogP contribution in [-0.4, -0.2) is 18.3 Å². The van der Waals surface area contributed by atoms with Crippen LogP contribution in [0.4, 0.5) is 11.4 Å². The largest absolute Gasteiger partial charge is 0.294 e. The number of hydrogen-bond donors (Lipinski definition) is 1. The van der Waals surface area contributed by atoms with Gasteiger partial charge in [0.15, 0.2) is 8.68 Å². The van der Waals surface area contributed by atoms with Crippen molar-refractivity contribution < 1.29 is 13.3 Å². The summed E-state index contributed by atoms with van der Waals surface area (Å²) in [5.74, 6) is 0. The van der Waals surface area contributed by atoms with Gasteiger partial charge in [0.25, 0.3) is 15.7 Å². The Morgan fingerprint density at radius 1 is 1.45 bits per heavy atom. The molecule has 1 aromatic heterocycles. The third-order valence-corrected chi connectivity index (χ3v) is 5.56. The predicted octanol–water partition coefficient (Wildman–Crippen LogP) is 3.27. The van der Waals surface area contributed by atoms with Crippen molar-refractivity contribution in [3.63, 3.8) is 0 Å². The van der Waals surface area contributed by atoms with Gasteiger partial charge in [-0.25, -0.2) is 13.4 Å². The Morgan fingerprint density at radius 2 is 2.15 bits per heavy atom. The zero-order chi connectivity index (χ0) is 14.9. The second-order valence-electron chi connectivity index (χ2n) is 3.46. The molecule has 0 spiro atoms. The van der Waals surface area contributed by atoms with Crippen molar-refractivity contribution in [3.8, 4) is 0 Å². The van der Waals surface area contributed by atoms with Gasteiger partial charge in [0.05, 0.1) is 11.1 Å². The van der Waals surface area contributed by atoms with Crippen LogP contribution in [0, 0.1) is 10.1 Å². The third-order valence-electron chi connectivity index (χ3n) is 2.12. The standard InChI is InChI=1S/C9H5BrClN3O4S2/c10-5-1-2-6(7(3-5)14(15)16)13-20(17,18)8-4-12-9(11)19-8/h1-4,13H. The molecule has 0 bridgehead atoms. The van der Waals surface area contributed by atoms with Crippen LogP contribution in [0.25, 0.3) is 0 Å². The van der Waals surface area contributed by atoms with Gasteiger partial charge in [0.2, 0.25) is 0 Å². The molecule has 1 N–H and O–H groups in total. The molecule has 2 aromatic rings. The number of aromatic nitrogens is 1. The molecule has 0 aliphatic carbocycles. The van der Waals surface area contributed by atoms with Crippen molar-refractivity contribution in [2.75, 3.05) is 4.72 Å². The highest BCUT2D eigenvalue weighted by Crippen LogP contribution is 2.31. The van der Waals surface area contributed by atoms with Crippen LogP contribution in [0.1, 0.15) is 0 Å². The lowest BCUT2D eigenvalue weighted by molar-refractivity contribution is -0.384. The molecular formula is C9H5BrClN3O4S2. The summed E-state index contributed by atoms with van der Waals surface area (Å²) in [7, 11) is -3.96. The lowest BCUT2D eigenvalue weighted by Crippen LogP contribution is -2.12. The predicted molar refractivity (Wildman–Crippen MR) is 78.7 cm³/mol. The number of thiazole rings is 1. The van der Waals surface area contributed by atoms with E-state index in [2.05, 4.69) is 25.6 Å². The molecule has 0 atom stereocenters. The van der Waals surface area contributed by atoms with Crippen LogP contribution >= 0.6 is 38.9 Å². The van der Waals surface area contributed by atoms with E-state index in [1.807, 2.05) is 0 Å². The lowest BCUT2D eigenvalue weighted by Gasteiger charge is -2.06. The monoisotopic (exact) mass is 397 g/mol. The van der Waals surface area contributed by atoms with E-state index >= 15 is 0 Å². The number of nitro groups is 1. The molecule has 0 saturated heterocycles. The highest BCUT2D eigenvalue weighted by atomic mass is 79.9. The molecule has 0 radical (unpaired) electrons. The smallest absolute Gasteiger partial charge is 0.272 e. The topological polar surface area (TPSA) is 102 Å². The first-order valence-corrected chi connectivity index (χ1v) is 8.35. The van der Waals surface area contributed by atoms with E-state index in [0.29, 0.717) is 4.47 Å². The molecule has 1 aromatic carbocycles. The van der Waals surface area contributed by atoms with Gasteiger partial charge in [-0.2, -0.15) is 0 Å². The van der Waals surface area contributed by atoms with Gasteiger partial charge in [-0.1, -0.05) is 38.9 Å². The van der Waals surface area contributed by atoms with E-state index in [4.69, 9.17) is 11.6 Å². The molecule has 0 aliphatic rings. The number of rotatable bonds is 4. The Bertz CT molecular complexity index is 777. The number of benzene rings is 1. The molecule has 0 saturated carbocycles. The summed E-state index contributed by atoms with van der Waals surface area (Å²) in [4.78, 5) is 13.9. The minimum absolute atomic E-state index is 0.0654. The Hall–Kier alpha value is -1.23. The third kappa shape index (κ3) is 3.26. The van der Waals surface area contributed by atoms with E-state index in [0.717, 1.165) is 17.5 Å². The van der Waals surface area contributed by atoms with Crippen molar-refractivity contribution in [1.29, 1.82) is 0 Å². The van der Waals surface area contributed by atoms with Crippen LogP contribution in [0.15, 0.2) is 33.1 Å². The number of hydrogen-bond acceptors (Lipinski definition) is 6. The maximum absolute atomic E-state index is 12.0. The Balaban J connectivity index is 2.42. The molecular weight excluding hydrogens is 394 g/mol. The fraction of sp³-hybridized carbons (Fsp3) is 0. The van der Waals surface area contributed by atoms with Gasteiger partial charge in [0, 0.05) is 10.5 Å². The summed E-state index contributed by atoms with van der Waals surface area (Å²) in [6.45, 7) is 0. The highest BCUT2D eigenvalue weighted by Gasteiger charge is 2.23. The van der Waals surface area contributed by atoms with Crippen LogP contribution in [0.3, 0.4) is 0 Å². The molecule has 0 unspecified atom stereocenters. The lowest BCUT2D eigenvalue weighted by atomic mass is 10.3. The number of nitrogens with zero attached hydrogens (tertiary/aromatic N) is 2. The van der Waals surface area contributed by atoms with Crippen molar-refractivity contribution in [2.45, 2.75) is 4.21 Å². The number of halogens is 2. The second-order valence-corrected chi connectivity index (χ2v) is 7.89. The van der Waals surface area contributed by atoms with E-state index < -0.39 is 14.9 Å².